The Labute approximate surface area is 220 Å². The number of hydrogen-bond acceptors (Lipinski definition) is 4. The Balaban J connectivity index is 1.59. The lowest BCUT2D eigenvalue weighted by Crippen LogP contribution is -2.50. The lowest BCUT2D eigenvalue weighted by atomic mass is 9.85. The summed E-state index contributed by atoms with van der Waals surface area (Å²) in [6.45, 7) is 17.2. The van der Waals surface area contributed by atoms with Gasteiger partial charge in [0.1, 0.15) is 5.75 Å². The highest BCUT2D eigenvalue weighted by molar-refractivity contribution is 6.78. The van der Waals surface area contributed by atoms with Gasteiger partial charge in [0.05, 0.1) is 11.6 Å². The van der Waals surface area contributed by atoms with Gasteiger partial charge in [-0.1, -0.05) is 71.9 Å². The average molecular weight is 510 g/mol. The number of carbonyl (C=O) groups excluding carboxylic acids is 1. The van der Waals surface area contributed by atoms with E-state index in [0.29, 0.717) is 29.5 Å². The summed E-state index contributed by atoms with van der Waals surface area (Å²) in [4.78, 5) is 15.5. The van der Waals surface area contributed by atoms with Gasteiger partial charge in [0.2, 0.25) is 0 Å². The molecule has 0 bridgehead atoms. The van der Waals surface area contributed by atoms with E-state index in [2.05, 4.69) is 58.6 Å². The fourth-order valence-corrected chi connectivity index (χ4v) is 11.5. The Morgan fingerprint density at radius 3 is 1.92 bits per heavy atom. The second-order valence-corrected chi connectivity index (χ2v) is 17.1. The summed E-state index contributed by atoms with van der Waals surface area (Å²) < 4.78 is 6.77. The fourth-order valence-electron chi connectivity index (χ4n) is 6.25. The molecular weight excluding hydrogens is 462 g/mol. The van der Waals surface area contributed by atoms with Gasteiger partial charge in [0.25, 0.3) is 8.32 Å². The van der Waals surface area contributed by atoms with Gasteiger partial charge in [0, 0.05) is 18.7 Å². The largest absolute Gasteiger partial charge is 0.543 e. The van der Waals surface area contributed by atoms with Crippen molar-refractivity contribution < 1.29 is 14.3 Å². The first-order valence-electron chi connectivity index (χ1n) is 13.8. The minimum absolute atomic E-state index is 0.136. The molecule has 3 rings (SSSR count). The molecule has 2 aromatic rings. The third kappa shape index (κ3) is 6.48. The van der Waals surface area contributed by atoms with E-state index in [0.717, 1.165) is 37.2 Å². The van der Waals surface area contributed by atoms with Gasteiger partial charge in [-0.25, -0.2) is 0 Å². The number of rotatable bonds is 11. The maximum absolute atomic E-state index is 13.3. The molecule has 0 radical (unpaired) electrons. The third-order valence-electron chi connectivity index (χ3n) is 8.52. The summed E-state index contributed by atoms with van der Waals surface area (Å²) in [6, 6.07) is 18.0. The lowest BCUT2D eigenvalue weighted by Gasteiger charge is -2.42. The van der Waals surface area contributed by atoms with Crippen LogP contribution in [0.25, 0.3) is 0 Å². The van der Waals surface area contributed by atoms with E-state index < -0.39 is 13.9 Å². The highest BCUT2D eigenvalue weighted by Crippen LogP contribution is 2.42. The Kier molecular flexibility index (Phi) is 9.59. The Morgan fingerprint density at radius 2 is 1.42 bits per heavy atom. The van der Waals surface area contributed by atoms with E-state index in [-0.39, 0.29) is 11.8 Å². The van der Waals surface area contributed by atoms with Crippen molar-refractivity contribution >= 4 is 14.1 Å². The highest BCUT2D eigenvalue weighted by Gasteiger charge is 2.47. The summed E-state index contributed by atoms with van der Waals surface area (Å²) in [5, 5.41) is 11.1. The zero-order valence-corrected chi connectivity index (χ0v) is 24.5. The Hall–Kier alpha value is -1.95. The van der Waals surface area contributed by atoms with E-state index in [4.69, 9.17) is 4.43 Å². The predicted molar refractivity (Wildman–Crippen MR) is 152 cm³/mol. The van der Waals surface area contributed by atoms with Crippen LogP contribution in [0.4, 0.5) is 0 Å². The molecule has 1 fully saturated rings. The third-order valence-corrected chi connectivity index (χ3v) is 14.5. The first kappa shape index (κ1) is 28.6. The quantitative estimate of drug-likeness (QED) is 0.256. The van der Waals surface area contributed by atoms with Crippen LogP contribution in [0, 0.1) is 0 Å². The van der Waals surface area contributed by atoms with Crippen LogP contribution in [0.5, 0.6) is 5.75 Å². The van der Waals surface area contributed by atoms with Crippen LogP contribution in [-0.4, -0.2) is 48.8 Å². The van der Waals surface area contributed by atoms with Gasteiger partial charge >= 0.3 is 0 Å². The van der Waals surface area contributed by atoms with Gasteiger partial charge in [-0.2, -0.15) is 0 Å². The van der Waals surface area contributed by atoms with Crippen molar-refractivity contribution in [2.45, 2.75) is 102 Å². The zero-order chi connectivity index (χ0) is 26.5. The van der Waals surface area contributed by atoms with Crippen molar-refractivity contribution in [3.63, 3.8) is 0 Å². The van der Waals surface area contributed by atoms with Crippen LogP contribution in [0.3, 0.4) is 0 Å². The lowest BCUT2D eigenvalue weighted by molar-refractivity contribution is -0.0329. The number of Topliss-reactive ketones (excluding diaryl/α,β-unsaturated/α-hetero) is 1. The van der Waals surface area contributed by atoms with E-state index in [1.54, 1.807) is 0 Å². The van der Waals surface area contributed by atoms with E-state index in [1.807, 2.05) is 49.4 Å². The minimum Gasteiger partial charge on any atom is -0.543 e. The van der Waals surface area contributed by atoms with E-state index in [9.17, 15) is 9.90 Å². The van der Waals surface area contributed by atoms with Crippen molar-refractivity contribution in [2.24, 2.45) is 0 Å². The number of piperidine rings is 1. The molecule has 2 aromatic carbocycles. The molecule has 0 aliphatic carbocycles. The first-order valence-corrected chi connectivity index (χ1v) is 16.0. The van der Waals surface area contributed by atoms with Crippen LogP contribution in [0.15, 0.2) is 54.6 Å². The van der Waals surface area contributed by atoms with Crippen molar-refractivity contribution in [1.82, 2.24) is 4.90 Å². The monoisotopic (exact) mass is 509 g/mol. The maximum Gasteiger partial charge on any atom is 0.258 e. The van der Waals surface area contributed by atoms with Gasteiger partial charge in [-0.15, -0.1) is 0 Å². The second kappa shape index (κ2) is 12.1. The van der Waals surface area contributed by atoms with Crippen LogP contribution >= 0.6 is 0 Å². The molecule has 1 atom stereocenters. The van der Waals surface area contributed by atoms with E-state index in [1.165, 1.54) is 5.56 Å². The molecule has 198 valence electrons. The van der Waals surface area contributed by atoms with Gasteiger partial charge < -0.3 is 9.53 Å². The van der Waals surface area contributed by atoms with Crippen molar-refractivity contribution in [2.75, 3.05) is 13.1 Å². The van der Waals surface area contributed by atoms with Gasteiger partial charge in [-0.05, 0) is 79.1 Å². The summed E-state index contributed by atoms with van der Waals surface area (Å²) in [7, 11) is -2.02. The number of aryl methyl sites for hydroxylation is 1. The molecule has 0 aromatic heterocycles. The summed E-state index contributed by atoms with van der Waals surface area (Å²) in [5.74, 6) is 1.01. The number of aliphatic hydroxyl groups is 1. The molecule has 4 nitrogen and oxygen atoms in total. The van der Waals surface area contributed by atoms with Crippen LogP contribution < -0.4 is 4.43 Å². The molecule has 1 N–H and O–H groups in total. The summed E-state index contributed by atoms with van der Waals surface area (Å²) in [6.07, 6.45) is 3.06. The molecule has 1 aliphatic heterocycles. The molecule has 1 saturated heterocycles. The Bertz CT molecular complexity index is 941. The number of likely N-dealkylation sites (tertiary alicyclic amines) is 1. The Morgan fingerprint density at radius 1 is 0.889 bits per heavy atom. The number of hydrogen-bond donors (Lipinski definition) is 1. The topological polar surface area (TPSA) is 49.8 Å². The van der Waals surface area contributed by atoms with Crippen LogP contribution in [-0.2, 0) is 6.42 Å². The van der Waals surface area contributed by atoms with E-state index >= 15 is 0 Å². The zero-order valence-electron chi connectivity index (χ0n) is 23.5. The maximum atomic E-state index is 13.3. The smallest absolute Gasteiger partial charge is 0.258 e. The molecule has 1 unspecified atom stereocenters. The minimum atomic E-state index is -2.02. The standard InChI is InChI=1S/C31H47NO3Si/c1-23(2)36(24(3)4,25(5)6)35-29-15-13-28(14-16-29)30(33)26(7)32-21-19-31(34,20-22-32)18-17-27-11-9-8-10-12-27/h8-16,23-26,34H,17-22H2,1-7H3. The van der Waals surface area contributed by atoms with Crippen molar-refractivity contribution in [3.8, 4) is 5.75 Å². The molecular formula is C31H47NO3Si. The molecule has 0 saturated carbocycles. The van der Waals surface area contributed by atoms with Crippen LogP contribution in [0.1, 0.15) is 83.7 Å². The van der Waals surface area contributed by atoms with Crippen LogP contribution in [0.2, 0.25) is 16.6 Å². The summed E-state index contributed by atoms with van der Waals surface area (Å²) in [5.41, 5.74) is 2.86. The van der Waals surface area contributed by atoms with Crippen molar-refractivity contribution in [1.29, 1.82) is 0 Å². The first-order chi connectivity index (χ1) is 17.0. The number of benzene rings is 2. The molecule has 0 amide bonds. The average Bonchev–Trinajstić information content (AvgIpc) is 2.86. The van der Waals surface area contributed by atoms with Crippen molar-refractivity contribution in [3.05, 3.63) is 65.7 Å². The number of ketones is 1. The normalized spacial score (nSPS) is 17.5. The molecule has 1 aliphatic rings. The highest BCUT2D eigenvalue weighted by atomic mass is 28.4. The summed E-state index contributed by atoms with van der Waals surface area (Å²) >= 11 is 0. The second-order valence-electron chi connectivity index (χ2n) is 11.7. The SMILES string of the molecule is CC(C(=O)c1ccc(O[Si](C(C)C)(C(C)C)C(C)C)cc1)N1CCC(O)(CCc2ccccc2)CC1. The number of nitrogens with zero attached hydrogens (tertiary/aromatic N) is 1. The predicted octanol–water partition coefficient (Wildman–Crippen LogP) is 7.27. The molecule has 1 heterocycles. The van der Waals surface area contributed by atoms with Gasteiger partial charge in [0.15, 0.2) is 5.78 Å². The van der Waals surface area contributed by atoms with Gasteiger partial charge in [-0.3, -0.25) is 9.69 Å². The molecule has 36 heavy (non-hydrogen) atoms. The molecule has 5 heteroatoms. The molecule has 0 spiro atoms. The number of carbonyl (C=O) groups is 1. The fraction of sp³-hybridized carbons (Fsp3) is 0.581.